The van der Waals surface area contributed by atoms with Crippen LogP contribution in [0, 0.1) is 0 Å². The first-order chi connectivity index (χ1) is 13.3. The van der Waals surface area contributed by atoms with Crippen LogP contribution in [0.25, 0.3) is 0 Å². The van der Waals surface area contributed by atoms with E-state index in [1.54, 1.807) is 6.92 Å². The minimum atomic E-state index is -4.00. The predicted octanol–water partition coefficient (Wildman–Crippen LogP) is 0.908. The van der Waals surface area contributed by atoms with Gasteiger partial charge in [-0.1, -0.05) is 6.07 Å². The number of sulfonamides is 1. The van der Waals surface area contributed by atoms with Crippen molar-refractivity contribution in [2.75, 3.05) is 5.32 Å². The number of aromatic nitrogens is 2. The minimum Gasteiger partial charge on any atom is -0.392 e. The lowest BCUT2D eigenvalue weighted by Crippen LogP contribution is -2.40. The molecule has 1 aromatic carbocycles. The second kappa shape index (κ2) is 7.47. The Morgan fingerprint density at radius 1 is 1.14 bits per heavy atom. The third-order valence-electron chi connectivity index (χ3n) is 5.38. The number of hydrogen-bond donors (Lipinski definition) is 4. The van der Waals surface area contributed by atoms with Gasteiger partial charge in [0.1, 0.15) is 0 Å². The van der Waals surface area contributed by atoms with Crippen LogP contribution in [-0.4, -0.2) is 40.6 Å². The van der Waals surface area contributed by atoms with E-state index >= 15 is 0 Å². The van der Waals surface area contributed by atoms with Crippen LogP contribution in [-0.2, 0) is 42.3 Å². The van der Waals surface area contributed by atoms with Crippen LogP contribution in [0.4, 0.5) is 5.69 Å². The van der Waals surface area contributed by atoms with E-state index in [4.69, 9.17) is 0 Å². The van der Waals surface area contributed by atoms with Crippen LogP contribution >= 0.6 is 0 Å². The number of nitrogens with zero attached hydrogens (tertiary/aromatic N) is 2. The Hall–Kier alpha value is -1.94. The third kappa shape index (κ3) is 3.80. The van der Waals surface area contributed by atoms with Crippen molar-refractivity contribution in [2.24, 2.45) is 0 Å². The monoisotopic (exact) mass is 406 g/mol. The van der Waals surface area contributed by atoms with Crippen molar-refractivity contribution < 1.29 is 18.6 Å². The standard InChI is InChI=1S/C19H26N4O4S/c1-12(24)9-23-10-17(20-11-23)28(26,27)22-19(25)21-18-15-6-2-4-13(15)8-14-5-3-7-16(14)18/h8,10-12,19,21-22,24-25H,2-7,9H2,1H3/t12-,19?/m0/s1. The van der Waals surface area contributed by atoms with Crippen molar-refractivity contribution in [2.45, 2.75) is 69.5 Å². The van der Waals surface area contributed by atoms with E-state index in [0.29, 0.717) is 0 Å². The maximum atomic E-state index is 12.5. The van der Waals surface area contributed by atoms with E-state index < -0.39 is 22.5 Å². The van der Waals surface area contributed by atoms with Crippen molar-refractivity contribution in [3.05, 3.63) is 40.8 Å². The Kier molecular flexibility index (Phi) is 5.17. The molecule has 4 N–H and O–H groups in total. The smallest absolute Gasteiger partial charge is 0.263 e. The summed E-state index contributed by atoms with van der Waals surface area (Å²) >= 11 is 0. The van der Waals surface area contributed by atoms with Gasteiger partial charge in [-0.25, -0.2) is 13.4 Å². The quantitative estimate of drug-likeness (QED) is 0.508. The van der Waals surface area contributed by atoms with Crippen molar-refractivity contribution >= 4 is 15.7 Å². The molecule has 28 heavy (non-hydrogen) atoms. The zero-order chi connectivity index (χ0) is 19.9. The predicted molar refractivity (Wildman–Crippen MR) is 104 cm³/mol. The van der Waals surface area contributed by atoms with E-state index in [9.17, 15) is 18.6 Å². The van der Waals surface area contributed by atoms with Crippen molar-refractivity contribution in [1.29, 1.82) is 0 Å². The molecule has 0 aliphatic heterocycles. The van der Waals surface area contributed by atoms with Gasteiger partial charge >= 0.3 is 0 Å². The van der Waals surface area contributed by atoms with Gasteiger partial charge in [0, 0.05) is 18.4 Å². The van der Waals surface area contributed by atoms with Gasteiger partial charge in [0.05, 0.1) is 12.4 Å². The first kappa shape index (κ1) is 19.4. The summed E-state index contributed by atoms with van der Waals surface area (Å²) in [5, 5.41) is 22.7. The average molecular weight is 407 g/mol. The molecule has 2 aliphatic rings. The summed E-state index contributed by atoms with van der Waals surface area (Å²) in [6, 6.07) is 2.28. The van der Waals surface area contributed by atoms with Crippen LogP contribution in [0.5, 0.6) is 0 Å². The zero-order valence-electron chi connectivity index (χ0n) is 15.9. The van der Waals surface area contributed by atoms with Crippen LogP contribution in [0.2, 0.25) is 0 Å². The Balaban J connectivity index is 1.52. The van der Waals surface area contributed by atoms with Gasteiger partial charge in [-0.15, -0.1) is 0 Å². The lowest BCUT2D eigenvalue weighted by atomic mass is 9.99. The molecule has 0 fully saturated rings. The summed E-state index contributed by atoms with van der Waals surface area (Å²) in [5.74, 6) is 0. The number of aryl methyl sites for hydroxylation is 2. The van der Waals surface area contributed by atoms with Crippen LogP contribution in [0.1, 0.15) is 42.0 Å². The number of rotatable bonds is 7. The first-order valence-electron chi connectivity index (χ1n) is 9.67. The molecule has 0 spiro atoms. The first-order valence-corrected chi connectivity index (χ1v) is 11.1. The lowest BCUT2D eigenvalue weighted by molar-refractivity contribution is 0.173. The fourth-order valence-corrected chi connectivity index (χ4v) is 5.18. The number of aliphatic hydroxyl groups is 2. The molecule has 1 aromatic heterocycles. The van der Waals surface area contributed by atoms with Gasteiger partial charge in [-0.3, -0.25) is 0 Å². The molecule has 0 radical (unpaired) electrons. The third-order valence-corrected chi connectivity index (χ3v) is 6.68. The Labute approximate surface area is 164 Å². The summed E-state index contributed by atoms with van der Waals surface area (Å²) in [6.45, 7) is 1.85. The van der Waals surface area contributed by atoms with E-state index in [2.05, 4.69) is 21.1 Å². The molecule has 2 aliphatic carbocycles. The van der Waals surface area contributed by atoms with Gasteiger partial charge in [-0.2, -0.15) is 4.72 Å². The molecule has 1 heterocycles. The number of fused-ring (bicyclic) bond motifs is 2. The zero-order valence-corrected chi connectivity index (χ0v) is 16.7. The second-order valence-corrected chi connectivity index (χ2v) is 9.32. The molecule has 2 aromatic rings. The highest BCUT2D eigenvalue weighted by atomic mass is 32.2. The van der Waals surface area contributed by atoms with E-state index in [1.165, 1.54) is 39.3 Å². The molecular weight excluding hydrogens is 380 g/mol. The molecule has 1 unspecified atom stereocenters. The van der Waals surface area contributed by atoms with Crippen molar-refractivity contribution in [1.82, 2.24) is 14.3 Å². The molecule has 2 atom stereocenters. The maximum absolute atomic E-state index is 12.5. The number of hydrogen-bond acceptors (Lipinski definition) is 6. The van der Waals surface area contributed by atoms with Gasteiger partial charge < -0.3 is 20.1 Å². The van der Waals surface area contributed by atoms with Crippen molar-refractivity contribution in [3.8, 4) is 0 Å². The minimum absolute atomic E-state index is 0.197. The Bertz CT molecular complexity index is 952. The number of anilines is 1. The normalized spacial score (nSPS) is 18.0. The molecule has 152 valence electrons. The van der Waals surface area contributed by atoms with Crippen LogP contribution in [0.15, 0.2) is 23.6 Å². The summed E-state index contributed by atoms with van der Waals surface area (Å²) in [7, 11) is -4.00. The van der Waals surface area contributed by atoms with E-state index in [0.717, 1.165) is 44.2 Å². The highest BCUT2D eigenvalue weighted by Crippen LogP contribution is 2.38. The van der Waals surface area contributed by atoms with Crippen LogP contribution < -0.4 is 10.0 Å². The van der Waals surface area contributed by atoms with Crippen molar-refractivity contribution in [3.63, 3.8) is 0 Å². The highest BCUT2D eigenvalue weighted by Gasteiger charge is 2.27. The molecule has 0 saturated heterocycles. The summed E-state index contributed by atoms with van der Waals surface area (Å²) in [6.07, 6.45) is 6.70. The average Bonchev–Trinajstić information content (AvgIpc) is 3.32. The molecule has 0 saturated carbocycles. The lowest BCUT2D eigenvalue weighted by Gasteiger charge is -2.21. The van der Waals surface area contributed by atoms with Gasteiger partial charge in [-0.05, 0) is 67.7 Å². The van der Waals surface area contributed by atoms with Gasteiger partial charge in [0.25, 0.3) is 10.0 Å². The number of imidazole rings is 1. The number of aliphatic hydroxyl groups excluding tert-OH is 2. The molecule has 9 heteroatoms. The fraction of sp³-hybridized carbons (Fsp3) is 0.526. The van der Waals surface area contributed by atoms with Crippen LogP contribution in [0.3, 0.4) is 0 Å². The second-order valence-electron chi connectivity index (χ2n) is 7.66. The summed E-state index contributed by atoms with van der Waals surface area (Å²) in [5.41, 5.74) is 5.88. The number of nitrogens with one attached hydrogen (secondary N) is 2. The molecule has 8 nitrogen and oxygen atoms in total. The maximum Gasteiger partial charge on any atom is 0.263 e. The molecule has 0 amide bonds. The Morgan fingerprint density at radius 2 is 1.79 bits per heavy atom. The molecule has 4 rings (SSSR count). The summed E-state index contributed by atoms with van der Waals surface area (Å²) < 4.78 is 28.8. The summed E-state index contributed by atoms with van der Waals surface area (Å²) in [4.78, 5) is 3.88. The molecule has 0 bridgehead atoms. The van der Waals surface area contributed by atoms with E-state index in [-0.39, 0.29) is 11.6 Å². The Morgan fingerprint density at radius 3 is 2.39 bits per heavy atom. The van der Waals surface area contributed by atoms with Gasteiger partial charge in [0.2, 0.25) is 0 Å². The van der Waals surface area contributed by atoms with Gasteiger partial charge in [0.15, 0.2) is 11.4 Å². The topological polar surface area (TPSA) is 116 Å². The number of benzene rings is 1. The highest BCUT2D eigenvalue weighted by molar-refractivity contribution is 7.89. The molecular formula is C19H26N4O4S. The largest absolute Gasteiger partial charge is 0.392 e. The SMILES string of the molecule is C[C@H](O)Cn1cnc(S(=O)(=O)NC(O)Nc2c3c(cc4c2CCC4)CCC3)c1. The fourth-order valence-electron chi connectivity index (χ4n) is 4.25. The van der Waals surface area contributed by atoms with E-state index in [1.807, 2.05) is 0 Å².